The number of aryl methyl sites for hydroxylation is 2. The third-order valence-corrected chi connectivity index (χ3v) is 4.41. The Kier molecular flexibility index (Phi) is 3.73. The molecule has 0 aliphatic rings. The lowest BCUT2D eigenvalue weighted by Gasteiger charge is -2.03. The van der Waals surface area contributed by atoms with E-state index in [4.69, 9.17) is 0 Å². The molecule has 0 aliphatic heterocycles. The summed E-state index contributed by atoms with van der Waals surface area (Å²) in [4.78, 5) is 16.9. The third-order valence-electron chi connectivity index (χ3n) is 2.96. The Hall–Kier alpha value is -1.80. The Morgan fingerprint density at radius 1 is 1.43 bits per heavy atom. The number of fused-ring (bicyclic) bond motifs is 1. The monoisotopic (exact) mass is 365 g/mol. The van der Waals surface area contributed by atoms with E-state index in [-0.39, 0.29) is 5.91 Å². The zero-order chi connectivity index (χ0) is 15.0. The van der Waals surface area contributed by atoms with Crippen molar-refractivity contribution in [1.29, 1.82) is 0 Å². The summed E-state index contributed by atoms with van der Waals surface area (Å²) in [6.07, 6.45) is 2.62. The number of rotatable bonds is 3. The first-order valence-corrected chi connectivity index (χ1v) is 7.97. The van der Waals surface area contributed by atoms with Gasteiger partial charge < -0.3 is 0 Å². The number of carbonyl (C=O) groups is 1. The van der Waals surface area contributed by atoms with Gasteiger partial charge in [0.05, 0.1) is 5.69 Å². The number of aromatic nitrogens is 4. The number of carbonyl (C=O) groups excluding carboxylic acids is 1. The Morgan fingerprint density at radius 2 is 2.24 bits per heavy atom. The molecular formula is C13H12BrN5OS. The van der Waals surface area contributed by atoms with Gasteiger partial charge in [0.1, 0.15) is 16.3 Å². The van der Waals surface area contributed by atoms with Crippen LogP contribution in [0.3, 0.4) is 0 Å². The van der Waals surface area contributed by atoms with Crippen LogP contribution >= 0.6 is 27.3 Å². The molecule has 8 heteroatoms. The molecule has 0 unspecified atom stereocenters. The minimum absolute atomic E-state index is 0.239. The van der Waals surface area contributed by atoms with Gasteiger partial charge in [-0.25, -0.2) is 4.98 Å². The summed E-state index contributed by atoms with van der Waals surface area (Å²) in [5.41, 5.74) is 1.90. The van der Waals surface area contributed by atoms with E-state index in [2.05, 4.69) is 36.4 Å². The molecule has 0 saturated carbocycles. The van der Waals surface area contributed by atoms with Crippen LogP contribution in [-0.2, 0) is 6.42 Å². The molecule has 0 bridgehead atoms. The van der Waals surface area contributed by atoms with Crippen molar-refractivity contribution in [3.05, 3.63) is 39.2 Å². The number of amides is 1. The van der Waals surface area contributed by atoms with Gasteiger partial charge in [-0.3, -0.25) is 14.5 Å². The van der Waals surface area contributed by atoms with E-state index in [0.717, 1.165) is 21.5 Å². The van der Waals surface area contributed by atoms with Crippen LogP contribution in [0, 0.1) is 6.92 Å². The highest BCUT2D eigenvalue weighted by Gasteiger charge is 2.18. The van der Waals surface area contributed by atoms with E-state index in [1.54, 1.807) is 4.40 Å². The summed E-state index contributed by atoms with van der Waals surface area (Å²) in [6, 6.07) is 3.75. The molecule has 0 aliphatic carbocycles. The molecule has 0 fully saturated rings. The zero-order valence-electron chi connectivity index (χ0n) is 11.4. The molecule has 3 rings (SSSR count). The number of imidazole rings is 1. The van der Waals surface area contributed by atoms with Gasteiger partial charge in [-0.2, -0.15) is 0 Å². The summed E-state index contributed by atoms with van der Waals surface area (Å²) in [5.74, 6) is -0.239. The third kappa shape index (κ3) is 2.68. The molecule has 6 nitrogen and oxygen atoms in total. The molecule has 0 saturated heterocycles. The minimum Gasteiger partial charge on any atom is -0.295 e. The maximum atomic E-state index is 12.5. The van der Waals surface area contributed by atoms with E-state index in [1.165, 1.54) is 11.3 Å². The molecule has 21 heavy (non-hydrogen) atoms. The van der Waals surface area contributed by atoms with Gasteiger partial charge in [-0.1, -0.05) is 18.3 Å². The second kappa shape index (κ2) is 5.53. The van der Waals surface area contributed by atoms with E-state index in [9.17, 15) is 4.79 Å². The molecule has 1 N–H and O–H groups in total. The molecule has 3 aromatic rings. The van der Waals surface area contributed by atoms with Gasteiger partial charge in [0.15, 0.2) is 0 Å². The quantitative estimate of drug-likeness (QED) is 0.773. The minimum atomic E-state index is -0.239. The maximum absolute atomic E-state index is 12.5. The van der Waals surface area contributed by atoms with Crippen LogP contribution in [0.15, 0.2) is 22.8 Å². The highest BCUT2D eigenvalue weighted by Crippen LogP contribution is 2.20. The lowest BCUT2D eigenvalue weighted by atomic mass is 10.3. The Morgan fingerprint density at radius 3 is 2.95 bits per heavy atom. The summed E-state index contributed by atoms with van der Waals surface area (Å²) in [7, 11) is 0. The van der Waals surface area contributed by atoms with E-state index in [0.29, 0.717) is 16.5 Å². The molecule has 1 amide bonds. The van der Waals surface area contributed by atoms with Gasteiger partial charge in [0.25, 0.3) is 5.91 Å². The Bertz CT molecular complexity index is 825. The van der Waals surface area contributed by atoms with E-state index >= 15 is 0 Å². The molecule has 3 heterocycles. The molecule has 0 spiro atoms. The van der Waals surface area contributed by atoms with Gasteiger partial charge in [-0.15, -0.1) is 10.2 Å². The number of hydrogen-bond acceptors (Lipinski definition) is 5. The first-order valence-electron chi connectivity index (χ1n) is 6.36. The summed E-state index contributed by atoms with van der Waals surface area (Å²) in [5, 5.41) is 12.1. The van der Waals surface area contributed by atoms with Crippen LogP contribution in [0.1, 0.15) is 28.1 Å². The van der Waals surface area contributed by atoms with Crippen molar-refractivity contribution in [2.75, 3.05) is 5.32 Å². The van der Waals surface area contributed by atoms with Crippen molar-refractivity contribution in [3.8, 4) is 0 Å². The number of hydrogen-bond donors (Lipinski definition) is 1. The fourth-order valence-corrected chi connectivity index (χ4v) is 3.02. The van der Waals surface area contributed by atoms with Crippen LogP contribution in [0.4, 0.5) is 5.13 Å². The first kappa shape index (κ1) is 14.2. The fourth-order valence-electron chi connectivity index (χ4n) is 2.01. The molecule has 0 atom stereocenters. The van der Waals surface area contributed by atoms with Crippen molar-refractivity contribution in [3.63, 3.8) is 0 Å². The van der Waals surface area contributed by atoms with Crippen LogP contribution in [-0.4, -0.2) is 25.5 Å². The van der Waals surface area contributed by atoms with Crippen LogP contribution in [0.2, 0.25) is 0 Å². The predicted molar refractivity (Wildman–Crippen MR) is 84.9 cm³/mol. The Balaban J connectivity index is 1.97. The van der Waals surface area contributed by atoms with E-state index < -0.39 is 0 Å². The van der Waals surface area contributed by atoms with Gasteiger partial charge in [0, 0.05) is 10.7 Å². The van der Waals surface area contributed by atoms with Crippen molar-refractivity contribution in [2.45, 2.75) is 20.3 Å². The Labute approximate surface area is 133 Å². The zero-order valence-corrected chi connectivity index (χ0v) is 13.8. The number of nitrogens with zero attached hydrogens (tertiary/aromatic N) is 4. The average molecular weight is 366 g/mol. The highest BCUT2D eigenvalue weighted by atomic mass is 79.9. The largest absolute Gasteiger partial charge is 0.295 e. The number of nitrogens with one attached hydrogen (secondary N) is 1. The van der Waals surface area contributed by atoms with Crippen molar-refractivity contribution in [1.82, 2.24) is 19.6 Å². The summed E-state index contributed by atoms with van der Waals surface area (Å²) >= 11 is 4.78. The second-order valence-corrected chi connectivity index (χ2v) is 6.41. The van der Waals surface area contributed by atoms with Gasteiger partial charge in [0.2, 0.25) is 5.13 Å². The molecule has 108 valence electrons. The van der Waals surface area contributed by atoms with Gasteiger partial charge in [-0.05, 0) is 41.4 Å². The normalized spacial score (nSPS) is 11.0. The average Bonchev–Trinajstić information content (AvgIpc) is 3.01. The van der Waals surface area contributed by atoms with Crippen LogP contribution in [0.5, 0.6) is 0 Å². The molecule has 3 aromatic heterocycles. The number of pyridine rings is 1. The smallest absolute Gasteiger partial charge is 0.276 e. The molecular weight excluding hydrogens is 354 g/mol. The SMILES string of the molecule is CCc1nnc(NC(=O)c2c(C)nc3ccc(Br)cn23)s1. The standard InChI is InChI=1S/C13H12BrN5OS/c1-3-10-17-18-13(21-10)16-12(20)11-7(2)15-9-5-4-8(14)6-19(9)11/h4-6H,3H2,1-2H3,(H,16,18,20). The van der Waals surface area contributed by atoms with E-state index in [1.807, 2.05) is 32.2 Å². The van der Waals surface area contributed by atoms with Gasteiger partial charge >= 0.3 is 0 Å². The topological polar surface area (TPSA) is 72.2 Å². The first-order chi connectivity index (χ1) is 10.1. The predicted octanol–water partition coefficient (Wildman–Crippen LogP) is 3.07. The molecule has 0 radical (unpaired) electrons. The maximum Gasteiger partial charge on any atom is 0.276 e. The fraction of sp³-hybridized carbons (Fsp3) is 0.231. The molecule has 0 aromatic carbocycles. The number of anilines is 1. The lowest BCUT2D eigenvalue weighted by molar-refractivity contribution is 0.102. The second-order valence-electron chi connectivity index (χ2n) is 4.43. The van der Waals surface area contributed by atoms with Crippen LogP contribution < -0.4 is 5.32 Å². The summed E-state index contributed by atoms with van der Waals surface area (Å²) < 4.78 is 2.64. The highest BCUT2D eigenvalue weighted by molar-refractivity contribution is 9.10. The lowest BCUT2D eigenvalue weighted by Crippen LogP contribution is -2.15. The number of halogens is 1. The van der Waals surface area contributed by atoms with Crippen molar-refractivity contribution < 1.29 is 4.79 Å². The van der Waals surface area contributed by atoms with Crippen molar-refractivity contribution in [2.24, 2.45) is 0 Å². The summed E-state index contributed by atoms with van der Waals surface area (Å²) in [6.45, 7) is 3.81. The van der Waals surface area contributed by atoms with Crippen LogP contribution in [0.25, 0.3) is 5.65 Å². The van der Waals surface area contributed by atoms with Crippen molar-refractivity contribution >= 4 is 44.0 Å².